The van der Waals surface area contributed by atoms with Gasteiger partial charge in [0.25, 0.3) is 0 Å². The Morgan fingerprint density at radius 3 is 2.51 bits per heavy atom. The summed E-state index contributed by atoms with van der Waals surface area (Å²) in [6.07, 6.45) is 1.76. The Hall–Kier alpha value is -3.75. The van der Waals surface area contributed by atoms with Gasteiger partial charge in [0.1, 0.15) is 5.82 Å². The summed E-state index contributed by atoms with van der Waals surface area (Å²) in [5.74, 6) is -0.587. The Morgan fingerprint density at radius 1 is 1.10 bits per heavy atom. The number of aromatic nitrogens is 2. The summed E-state index contributed by atoms with van der Waals surface area (Å²) in [6.45, 7) is 7.60. The van der Waals surface area contributed by atoms with Crippen LogP contribution in [0, 0.1) is 25.6 Å². The van der Waals surface area contributed by atoms with Gasteiger partial charge in [0.05, 0.1) is 34.2 Å². The van der Waals surface area contributed by atoms with Gasteiger partial charge >= 0.3 is 0 Å². The molecule has 9 heteroatoms. The molecule has 0 aliphatic carbocycles. The molecule has 0 saturated carbocycles. The van der Waals surface area contributed by atoms with Crippen LogP contribution in [0.25, 0.3) is 5.69 Å². The van der Waals surface area contributed by atoms with E-state index in [2.05, 4.69) is 21.7 Å². The molecular weight excluding hydrogens is 533 g/mol. The van der Waals surface area contributed by atoms with E-state index in [1.54, 1.807) is 30.5 Å². The van der Waals surface area contributed by atoms with Gasteiger partial charge in [0.15, 0.2) is 5.11 Å². The number of benzene rings is 2. The number of halogens is 2. The van der Waals surface area contributed by atoms with Crippen molar-refractivity contribution in [1.82, 2.24) is 14.9 Å². The molecular formula is C30H29ClFN5OS. The van der Waals surface area contributed by atoms with Gasteiger partial charge in [-0.15, -0.1) is 0 Å². The predicted molar refractivity (Wildman–Crippen MR) is 158 cm³/mol. The normalized spacial score (nSPS) is 17.0. The first kappa shape index (κ1) is 26.8. The maximum Gasteiger partial charge on any atom is 0.226 e. The first-order chi connectivity index (χ1) is 18.7. The number of hydrogen-bond donors (Lipinski definition) is 2. The smallest absolute Gasteiger partial charge is 0.226 e. The van der Waals surface area contributed by atoms with Gasteiger partial charge in [-0.25, -0.2) is 4.39 Å². The number of carbonyl (C=O) groups excluding carboxylic acids is 1. The molecule has 2 N–H and O–H groups in total. The number of anilines is 2. The van der Waals surface area contributed by atoms with E-state index >= 15 is 0 Å². The minimum Gasteiger partial charge on any atom is -0.351 e. The van der Waals surface area contributed by atoms with Crippen molar-refractivity contribution in [3.05, 3.63) is 106 Å². The van der Waals surface area contributed by atoms with Crippen LogP contribution >= 0.6 is 23.8 Å². The molecule has 6 nitrogen and oxygen atoms in total. The Labute approximate surface area is 237 Å². The van der Waals surface area contributed by atoms with Crippen LogP contribution < -0.4 is 15.5 Å². The molecule has 2 aromatic carbocycles. The molecule has 5 rings (SSSR count). The van der Waals surface area contributed by atoms with Gasteiger partial charge < -0.3 is 20.1 Å². The number of para-hydroxylation sites is 1. The lowest BCUT2D eigenvalue weighted by atomic mass is 9.96. The first-order valence-corrected chi connectivity index (χ1v) is 13.5. The van der Waals surface area contributed by atoms with Crippen LogP contribution in [0.2, 0.25) is 5.02 Å². The number of carbonyl (C=O) groups is 1. The summed E-state index contributed by atoms with van der Waals surface area (Å²) in [5, 5.41) is 7.25. The molecule has 0 unspecified atom stereocenters. The maximum absolute atomic E-state index is 14.9. The zero-order chi connectivity index (χ0) is 27.8. The highest BCUT2D eigenvalue weighted by atomic mass is 35.5. The van der Waals surface area contributed by atoms with E-state index in [0.29, 0.717) is 21.5 Å². The Kier molecular flexibility index (Phi) is 7.42. The van der Waals surface area contributed by atoms with Crippen LogP contribution in [0.3, 0.4) is 0 Å². The summed E-state index contributed by atoms with van der Waals surface area (Å²) in [7, 11) is 0. The van der Waals surface area contributed by atoms with E-state index in [0.717, 1.165) is 28.3 Å². The van der Waals surface area contributed by atoms with Gasteiger partial charge in [0.2, 0.25) is 5.91 Å². The average molecular weight is 562 g/mol. The van der Waals surface area contributed by atoms with Crippen molar-refractivity contribution < 1.29 is 9.18 Å². The highest BCUT2D eigenvalue weighted by molar-refractivity contribution is 7.80. The number of aryl methyl sites for hydroxylation is 1. The summed E-state index contributed by atoms with van der Waals surface area (Å²) in [4.78, 5) is 18.9. The molecule has 2 aromatic heterocycles. The molecule has 1 fully saturated rings. The van der Waals surface area contributed by atoms with Crippen molar-refractivity contribution in [1.29, 1.82) is 0 Å². The largest absolute Gasteiger partial charge is 0.351 e. The monoisotopic (exact) mass is 561 g/mol. The Balaban J connectivity index is 1.63. The summed E-state index contributed by atoms with van der Waals surface area (Å²) < 4.78 is 16.8. The van der Waals surface area contributed by atoms with Crippen LogP contribution in [0.15, 0.2) is 72.9 Å². The minimum atomic E-state index is -0.300. The van der Waals surface area contributed by atoms with Crippen LogP contribution in [0.1, 0.15) is 48.6 Å². The molecule has 4 aromatic rings. The van der Waals surface area contributed by atoms with E-state index in [-0.39, 0.29) is 29.7 Å². The van der Waals surface area contributed by atoms with E-state index in [1.807, 2.05) is 67.5 Å². The zero-order valence-corrected chi connectivity index (χ0v) is 23.6. The number of hydrogen-bond acceptors (Lipinski definition) is 3. The van der Waals surface area contributed by atoms with Crippen molar-refractivity contribution in [2.24, 2.45) is 5.92 Å². The number of thiocarbonyl (C=S) groups is 1. The molecule has 39 heavy (non-hydrogen) atoms. The second-order valence-electron chi connectivity index (χ2n) is 9.92. The van der Waals surface area contributed by atoms with Crippen LogP contribution in [0.4, 0.5) is 15.8 Å². The summed E-state index contributed by atoms with van der Waals surface area (Å²) >= 11 is 12.5. The van der Waals surface area contributed by atoms with Crippen molar-refractivity contribution in [2.45, 2.75) is 39.8 Å². The third kappa shape index (κ3) is 5.02. The third-order valence-corrected chi connectivity index (χ3v) is 7.62. The first-order valence-electron chi connectivity index (χ1n) is 12.7. The topological polar surface area (TPSA) is 62.2 Å². The van der Waals surface area contributed by atoms with Gasteiger partial charge in [-0.3, -0.25) is 9.78 Å². The number of pyridine rings is 1. The van der Waals surface area contributed by atoms with E-state index in [1.165, 1.54) is 6.07 Å². The van der Waals surface area contributed by atoms with Gasteiger partial charge in [0, 0.05) is 29.2 Å². The third-order valence-electron chi connectivity index (χ3n) is 6.99. The Morgan fingerprint density at radius 2 is 1.85 bits per heavy atom. The van der Waals surface area contributed by atoms with Crippen LogP contribution in [0.5, 0.6) is 0 Å². The number of amides is 1. The van der Waals surface area contributed by atoms with Crippen molar-refractivity contribution in [3.63, 3.8) is 0 Å². The molecule has 1 aliphatic rings. The molecule has 1 saturated heterocycles. The zero-order valence-electron chi connectivity index (χ0n) is 22.1. The minimum absolute atomic E-state index is 0.114. The SMILES string of the molecule is Cc1cc([C@H]2[C@@H](c3ccccn3)NC(=S)N2c2ccc(NC(=O)C(C)C)c(Cl)c2)c(C)n1-c1ccccc1F. The highest BCUT2D eigenvalue weighted by Crippen LogP contribution is 2.44. The quantitative estimate of drug-likeness (QED) is 0.247. The molecule has 1 amide bonds. The van der Waals surface area contributed by atoms with Crippen LogP contribution in [-0.2, 0) is 4.79 Å². The fourth-order valence-corrected chi connectivity index (χ4v) is 5.64. The molecule has 1 aliphatic heterocycles. The standard InChI is InChI=1S/C30H29ClFN5OS/c1-17(2)29(38)34-24-13-12-20(16-22(24)31)37-28(27(35-30(37)39)25-10-7-8-14-33-25)21-15-18(3)36(19(21)4)26-11-6-5-9-23(26)32/h5-17,27-28H,1-4H3,(H,34,38)(H,35,39)/t27-,28+/m1/s1. The van der Waals surface area contributed by atoms with Crippen molar-refractivity contribution >= 4 is 46.2 Å². The fourth-order valence-electron chi connectivity index (χ4n) is 5.07. The lowest BCUT2D eigenvalue weighted by molar-refractivity contribution is -0.118. The fraction of sp³-hybridized carbons (Fsp3) is 0.233. The van der Waals surface area contributed by atoms with Gasteiger partial charge in [-0.1, -0.05) is 43.6 Å². The Bertz CT molecular complexity index is 1550. The second kappa shape index (κ2) is 10.8. The predicted octanol–water partition coefficient (Wildman–Crippen LogP) is 7.05. The van der Waals surface area contributed by atoms with Crippen molar-refractivity contribution in [2.75, 3.05) is 10.2 Å². The second-order valence-corrected chi connectivity index (χ2v) is 10.7. The molecule has 0 spiro atoms. The maximum atomic E-state index is 14.9. The molecule has 0 radical (unpaired) electrons. The van der Waals surface area contributed by atoms with E-state index in [9.17, 15) is 9.18 Å². The van der Waals surface area contributed by atoms with Gasteiger partial charge in [-0.05, 0) is 80.2 Å². The molecule has 3 heterocycles. The molecule has 200 valence electrons. The summed E-state index contributed by atoms with van der Waals surface area (Å²) in [5.41, 5.74) is 5.39. The highest BCUT2D eigenvalue weighted by Gasteiger charge is 2.42. The number of nitrogens with zero attached hydrogens (tertiary/aromatic N) is 3. The van der Waals surface area contributed by atoms with E-state index in [4.69, 9.17) is 23.8 Å². The van der Waals surface area contributed by atoms with Crippen LogP contribution in [-0.4, -0.2) is 20.6 Å². The van der Waals surface area contributed by atoms with Gasteiger partial charge in [-0.2, -0.15) is 0 Å². The average Bonchev–Trinajstić information content (AvgIpc) is 3.41. The molecule has 0 bridgehead atoms. The molecule has 2 atom stereocenters. The van der Waals surface area contributed by atoms with Crippen molar-refractivity contribution in [3.8, 4) is 5.69 Å². The lowest BCUT2D eigenvalue weighted by Crippen LogP contribution is -2.29. The lowest BCUT2D eigenvalue weighted by Gasteiger charge is -2.28. The summed E-state index contributed by atoms with van der Waals surface area (Å²) in [6, 6.07) is 19.5. The number of nitrogens with one attached hydrogen (secondary N) is 2. The van der Waals surface area contributed by atoms with E-state index < -0.39 is 0 Å². The number of rotatable bonds is 6.